The summed E-state index contributed by atoms with van der Waals surface area (Å²) in [6.45, 7) is 2.93. The molecule has 0 aliphatic carbocycles. The van der Waals surface area contributed by atoms with Crippen LogP contribution in [0, 0.1) is 5.82 Å². The number of rotatable bonds is 6. The number of nitrogen functional groups attached to an aromatic ring is 1. The van der Waals surface area contributed by atoms with Crippen molar-refractivity contribution in [3.8, 4) is 0 Å². The Hall–Kier alpha value is -1.27. The van der Waals surface area contributed by atoms with Crippen molar-refractivity contribution in [1.29, 1.82) is 0 Å². The molecule has 6 heteroatoms. The van der Waals surface area contributed by atoms with Gasteiger partial charge in [-0.3, -0.25) is 4.79 Å². The molecule has 1 aromatic rings. The highest BCUT2D eigenvalue weighted by Gasteiger charge is 2.24. The summed E-state index contributed by atoms with van der Waals surface area (Å²) in [5, 5.41) is 3.25. The fraction of sp³-hybridized carbons (Fsp3) is 0.533. The minimum atomic E-state index is -0.408. The number of nitrogens with one attached hydrogen (secondary N) is 1. The van der Waals surface area contributed by atoms with Gasteiger partial charge in [-0.05, 0) is 43.7 Å². The zero-order chi connectivity index (χ0) is 15.2. The highest BCUT2D eigenvalue weighted by Crippen LogP contribution is 2.27. The van der Waals surface area contributed by atoms with E-state index in [1.807, 2.05) is 11.8 Å². The fourth-order valence-corrected chi connectivity index (χ4v) is 3.48. The predicted molar refractivity (Wildman–Crippen MR) is 85.0 cm³/mol. The average Bonchev–Trinajstić information content (AvgIpc) is 2.84. The Morgan fingerprint density at radius 3 is 3.05 bits per heavy atom. The van der Waals surface area contributed by atoms with E-state index in [4.69, 9.17) is 10.5 Å². The second kappa shape index (κ2) is 7.66. The maximum Gasteiger partial charge on any atom is 0.224 e. The first kappa shape index (κ1) is 16.1. The molecule has 1 aromatic carbocycles. The number of halogens is 1. The summed E-state index contributed by atoms with van der Waals surface area (Å²) in [7, 11) is 0. The van der Waals surface area contributed by atoms with Crippen LogP contribution in [0.25, 0.3) is 0 Å². The number of benzene rings is 1. The second-order valence-electron chi connectivity index (χ2n) is 5.16. The van der Waals surface area contributed by atoms with Crippen LogP contribution < -0.4 is 11.1 Å². The first-order valence-electron chi connectivity index (χ1n) is 7.14. The number of carbonyl (C=O) groups is 1. The van der Waals surface area contributed by atoms with E-state index in [1.54, 1.807) is 0 Å². The molecule has 2 rings (SSSR count). The first-order valence-corrected chi connectivity index (χ1v) is 8.19. The van der Waals surface area contributed by atoms with E-state index in [-0.39, 0.29) is 11.6 Å². The molecule has 0 aromatic heterocycles. The highest BCUT2D eigenvalue weighted by molar-refractivity contribution is 7.99. The molecule has 21 heavy (non-hydrogen) atoms. The lowest BCUT2D eigenvalue weighted by Gasteiger charge is -2.13. The summed E-state index contributed by atoms with van der Waals surface area (Å²) in [6, 6.07) is 3.96. The molecule has 1 amide bonds. The average molecular weight is 312 g/mol. The minimum Gasteiger partial charge on any atom is -0.397 e. The molecule has 1 saturated heterocycles. The van der Waals surface area contributed by atoms with Crippen molar-refractivity contribution >= 4 is 29.0 Å². The van der Waals surface area contributed by atoms with E-state index in [9.17, 15) is 9.18 Å². The topological polar surface area (TPSA) is 64.3 Å². The van der Waals surface area contributed by atoms with Crippen LogP contribution in [0.1, 0.15) is 26.2 Å². The van der Waals surface area contributed by atoms with E-state index in [0.717, 1.165) is 25.2 Å². The van der Waals surface area contributed by atoms with Crippen molar-refractivity contribution in [2.24, 2.45) is 0 Å². The quantitative estimate of drug-likeness (QED) is 0.626. The fourth-order valence-electron chi connectivity index (χ4n) is 2.26. The third kappa shape index (κ3) is 4.89. The van der Waals surface area contributed by atoms with Crippen LogP contribution in [0.5, 0.6) is 0 Å². The van der Waals surface area contributed by atoms with Gasteiger partial charge >= 0.3 is 0 Å². The number of hydrogen-bond acceptors (Lipinski definition) is 4. The molecular weight excluding hydrogens is 291 g/mol. The normalized spacial score (nSPS) is 21.4. The van der Waals surface area contributed by atoms with Crippen LogP contribution in [0.2, 0.25) is 0 Å². The molecule has 1 aliphatic rings. The SMILES string of the molecule is CC1OCCC1SCCCC(=O)Nc1ccc(F)cc1N. The summed E-state index contributed by atoms with van der Waals surface area (Å²) in [5.41, 5.74) is 6.36. The lowest BCUT2D eigenvalue weighted by Crippen LogP contribution is -2.15. The van der Waals surface area contributed by atoms with Gasteiger partial charge in [0, 0.05) is 18.3 Å². The Morgan fingerprint density at radius 1 is 1.57 bits per heavy atom. The van der Waals surface area contributed by atoms with Gasteiger partial charge in [0.25, 0.3) is 0 Å². The Labute approximate surface area is 128 Å². The molecule has 116 valence electrons. The van der Waals surface area contributed by atoms with Gasteiger partial charge in [0.05, 0.1) is 17.5 Å². The molecule has 3 N–H and O–H groups in total. The van der Waals surface area contributed by atoms with Gasteiger partial charge in [0.15, 0.2) is 0 Å². The zero-order valence-electron chi connectivity index (χ0n) is 12.1. The van der Waals surface area contributed by atoms with Gasteiger partial charge in [0.2, 0.25) is 5.91 Å². The smallest absolute Gasteiger partial charge is 0.224 e. The molecule has 0 bridgehead atoms. The number of hydrogen-bond donors (Lipinski definition) is 2. The number of thioether (sulfide) groups is 1. The van der Waals surface area contributed by atoms with Crippen molar-refractivity contribution in [2.75, 3.05) is 23.4 Å². The van der Waals surface area contributed by atoms with E-state index in [2.05, 4.69) is 12.2 Å². The van der Waals surface area contributed by atoms with E-state index >= 15 is 0 Å². The van der Waals surface area contributed by atoms with Crippen LogP contribution in [0.4, 0.5) is 15.8 Å². The minimum absolute atomic E-state index is 0.0929. The molecule has 2 atom stereocenters. The van der Waals surface area contributed by atoms with E-state index in [1.165, 1.54) is 18.2 Å². The van der Waals surface area contributed by atoms with Crippen molar-refractivity contribution in [2.45, 2.75) is 37.5 Å². The van der Waals surface area contributed by atoms with Gasteiger partial charge in [-0.1, -0.05) is 0 Å². The van der Waals surface area contributed by atoms with Gasteiger partial charge in [0.1, 0.15) is 5.82 Å². The lowest BCUT2D eigenvalue weighted by atomic mass is 10.2. The van der Waals surface area contributed by atoms with Gasteiger partial charge < -0.3 is 15.8 Å². The highest BCUT2D eigenvalue weighted by atomic mass is 32.2. The van der Waals surface area contributed by atoms with Gasteiger partial charge in [-0.25, -0.2) is 4.39 Å². The maximum atomic E-state index is 12.9. The predicted octanol–water partition coefficient (Wildman–Crippen LogP) is 3.04. The van der Waals surface area contributed by atoms with Crippen LogP contribution >= 0.6 is 11.8 Å². The molecule has 2 unspecified atom stereocenters. The molecule has 1 aliphatic heterocycles. The number of ether oxygens (including phenoxy) is 1. The molecule has 4 nitrogen and oxygen atoms in total. The molecule has 1 heterocycles. The standard InChI is InChI=1S/C15H21FN2O2S/c1-10-14(6-7-20-10)21-8-2-3-15(19)18-13-5-4-11(16)9-12(13)17/h4-5,9-10,14H,2-3,6-8,17H2,1H3,(H,18,19). The number of amides is 1. The van der Waals surface area contributed by atoms with Crippen LogP contribution in [0.15, 0.2) is 18.2 Å². The molecular formula is C15H21FN2O2S. The lowest BCUT2D eigenvalue weighted by molar-refractivity contribution is -0.116. The van der Waals surface area contributed by atoms with Crippen LogP contribution in [0.3, 0.4) is 0 Å². The summed E-state index contributed by atoms with van der Waals surface area (Å²) in [4.78, 5) is 11.8. The number of carbonyl (C=O) groups excluding carboxylic acids is 1. The van der Waals surface area contributed by atoms with Gasteiger partial charge in [-0.2, -0.15) is 11.8 Å². The van der Waals surface area contributed by atoms with Crippen LogP contribution in [-0.4, -0.2) is 29.6 Å². The first-order chi connectivity index (χ1) is 10.1. The Balaban J connectivity index is 1.67. The van der Waals surface area contributed by atoms with Crippen molar-refractivity contribution in [3.63, 3.8) is 0 Å². The van der Waals surface area contributed by atoms with Crippen molar-refractivity contribution in [3.05, 3.63) is 24.0 Å². The van der Waals surface area contributed by atoms with Crippen molar-refractivity contribution in [1.82, 2.24) is 0 Å². The summed E-state index contributed by atoms with van der Waals surface area (Å²) in [5.74, 6) is 0.435. The molecule has 0 spiro atoms. The number of anilines is 2. The van der Waals surface area contributed by atoms with Gasteiger partial charge in [-0.15, -0.1) is 0 Å². The summed E-state index contributed by atoms with van der Waals surface area (Å²) in [6.07, 6.45) is 2.64. The third-order valence-corrected chi connectivity index (χ3v) is 5.05. The monoisotopic (exact) mass is 312 g/mol. The maximum absolute atomic E-state index is 12.9. The van der Waals surface area contributed by atoms with Crippen LogP contribution in [-0.2, 0) is 9.53 Å². The third-order valence-electron chi connectivity index (χ3n) is 3.47. The summed E-state index contributed by atoms with van der Waals surface area (Å²) < 4.78 is 18.4. The zero-order valence-corrected chi connectivity index (χ0v) is 12.9. The molecule has 0 saturated carbocycles. The Kier molecular flexibility index (Phi) is 5.87. The second-order valence-corrected chi connectivity index (χ2v) is 6.50. The summed E-state index contributed by atoms with van der Waals surface area (Å²) >= 11 is 1.87. The Morgan fingerprint density at radius 2 is 2.38 bits per heavy atom. The molecule has 0 radical (unpaired) electrons. The van der Waals surface area contributed by atoms with E-state index in [0.29, 0.717) is 23.5 Å². The Bertz CT molecular complexity index is 499. The molecule has 1 fully saturated rings. The van der Waals surface area contributed by atoms with Crippen molar-refractivity contribution < 1.29 is 13.9 Å². The van der Waals surface area contributed by atoms with E-state index < -0.39 is 5.82 Å². The number of nitrogens with two attached hydrogens (primary N) is 1. The largest absolute Gasteiger partial charge is 0.397 e.